The molecular weight excluding hydrogens is 133 g/mol. The fourth-order valence-electron chi connectivity index (χ4n) is 0.334. The number of nitrogens with one attached hydrogen (secondary N) is 1. The molecule has 8 heavy (non-hydrogen) atoms. The van der Waals surface area contributed by atoms with Gasteiger partial charge in [-0.3, -0.25) is 14.9 Å². The molecule has 0 radical (unpaired) electrons. The second-order valence-corrected chi connectivity index (χ2v) is 2.23. The van der Waals surface area contributed by atoms with Gasteiger partial charge in [0.25, 0.3) is 11.1 Å². The lowest BCUT2D eigenvalue weighted by atomic mass is 10.7. The Morgan fingerprint density at radius 2 is 2.25 bits per heavy atom. The Morgan fingerprint density at radius 3 is 2.38 bits per heavy atom. The third-order valence-corrected chi connectivity index (χ3v) is 1.38. The van der Waals surface area contributed by atoms with Crippen molar-refractivity contribution >= 4 is 22.9 Å². The summed E-state index contributed by atoms with van der Waals surface area (Å²) >= 11 is 0.362. The molecule has 5 heteroatoms. The van der Waals surface area contributed by atoms with E-state index in [-0.39, 0.29) is 0 Å². The van der Waals surface area contributed by atoms with E-state index in [1.54, 1.807) is 5.32 Å². The number of imide groups is 1. The number of hydrogen-bond acceptors (Lipinski definition) is 3. The average Bonchev–Trinajstić information content (AvgIpc) is 1.85. The molecule has 0 spiro atoms. The maximum atomic E-state index is 11.9. The number of amides is 2. The average molecular weight is 135 g/mol. The molecule has 0 aliphatic carbocycles. The third kappa shape index (κ3) is 0.812. The number of alkyl halides is 1. The van der Waals surface area contributed by atoms with Crippen molar-refractivity contribution in [3.05, 3.63) is 0 Å². The summed E-state index contributed by atoms with van der Waals surface area (Å²) in [7, 11) is 0. The minimum absolute atomic E-state index is 0.362. The molecule has 1 fully saturated rings. The molecule has 0 aromatic heterocycles. The number of rotatable bonds is 0. The van der Waals surface area contributed by atoms with Gasteiger partial charge in [-0.25, -0.2) is 4.39 Å². The van der Waals surface area contributed by atoms with Crippen molar-refractivity contribution in [1.29, 1.82) is 0 Å². The Morgan fingerprint density at radius 1 is 1.62 bits per heavy atom. The Balaban J connectivity index is 2.64. The predicted octanol–water partition coefficient (Wildman–Crippen LogP) is 0.265. The van der Waals surface area contributed by atoms with Gasteiger partial charge in [0.1, 0.15) is 0 Å². The highest BCUT2D eigenvalue weighted by atomic mass is 32.2. The molecule has 44 valence electrons. The normalized spacial score (nSPS) is 28.4. The lowest BCUT2D eigenvalue weighted by Crippen LogP contribution is -2.21. The summed E-state index contributed by atoms with van der Waals surface area (Å²) in [5.41, 5.74) is -1.69. The molecule has 1 N–H and O–H groups in total. The van der Waals surface area contributed by atoms with Gasteiger partial charge in [-0.05, 0) is 11.8 Å². The lowest BCUT2D eigenvalue weighted by molar-refractivity contribution is -0.121. The molecule has 0 aromatic carbocycles. The van der Waals surface area contributed by atoms with Gasteiger partial charge in [0, 0.05) is 0 Å². The zero-order chi connectivity index (χ0) is 6.15. The number of halogens is 1. The molecule has 0 bridgehead atoms. The molecule has 1 heterocycles. The molecule has 1 atom stereocenters. The van der Waals surface area contributed by atoms with Crippen LogP contribution in [-0.4, -0.2) is 16.7 Å². The van der Waals surface area contributed by atoms with Crippen LogP contribution in [0.2, 0.25) is 0 Å². The minimum atomic E-state index is -1.69. The van der Waals surface area contributed by atoms with Crippen LogP contribution in [0.5, 0.6) is 0 Å². The molecule has 1 aliphatic heterocycles. The van der Waals surface area contributed by atoms with Crippen LogP contribution >= 0.6 is 11.8 Å². The second kappa shape index (κ2) is 1.74. The highest BCUT2D eigenvalue weighted by molar-refractivity contribution is 8.15. The largest absolute Gasteiger partial charge is 0.289 e. The molecule has 1 saturated heterocycles. The summed E-state index contributed by atoms with van der Waals surface area (Å²) in [6.45, 7) is 0. The van der Waals surface area contributed by atoms with Gasteiger partial charge in [-0.2, -0.15) is 0 Å². The van der Waals surface area contributed by atoms with Gasteiger partial charge in [0.2, 0.25) is 5.50 Å². The van der Waals surface area contributed by atoms with E-state index in [0.717, 1.165) is 0 Å². The molecular formula is C3H2FNO2S. The van der Waals surface area contributed by atoms with Gasteiger partial charge in [-0.15, -0.1) is 0 Å². The van der Waals surface area contributed by atoms with E-state index in [2.05, 4.69) is 0 Å². The first-order valence-corrected chi connectivity index (χ1v) is 2.73. The van der Waals surface area contributed by atoms with E-state index in [1.165, 1.54) is 0 Å². The molecule has 1 rings (SSSR count). The van der Waals surface area contributed by atoms with E-state index in [4.69, 9.17) is 0 Å². The van der Waals surface area contributed by atoms with Gasteiger partial charge < -0.3 is 0 Å². The Hall–Kier alpha value is -0.580. The summed E-state index contributed by atoms with van der Waals surface area (Å²) < 4.78 is 11.9. The number of carbonyl (C=O) groups excluding carboxylic acids is 2. The topological polar surface area (TPSA) is 46.2 Å². The number of hydrogen-bond donors (Lipinski definition) is 1. The van der Waals surface area contributed by atoms with Crippen LogP contribution in [0.4, 0.5) is 9.18 Å². The second-order valence-electron chi connectivity index (χ2n) is 1.21. The van der Waals surface area contributed by atoms with Crippen molar-refractivity contribution in [3.63, 3.8) is 0 Å². The van der Waals surface area contributed by atoms with Crippen molar-refractivity contribution < 1.29 is 14.0 Å². The van der Waals surface area contributed by atoms with Crippen LogP contribution < -0.4 is 5.32 Å². The van der Waals surface area contributed by atoms with Gasteiger partial charge >= 0.3 is 0 Å². The fraction of sp³-hybridized carbons (Fsp3) is 0.333. The molecule has 1 aliphatic rings. The quantitative estimate of drug-likeness (QED) is 0.518. The monoisotopic (exact) mass is 135 g/mol. The summed E-state index contributed by atoms with van der Waals surface area (Å²) in [6.07, 6.45) is 0. The molecule has 0 saturated carbocycles. The lowest BCUT2D eigenvalue weighted by Gasteiger charge is -1.83. The fourth-order valence-corrected chi connectivity index (χ4v) is 0.848. The summed E-state index contributed by atoms with van der Waals surface area (Å²) in [6, 6.07) is 0. The highest BCUT2D eigenvalue weighted by Gasteiger charge is 2.30. The van der Waals surface area contributed by atoms with E-state index in [0.29, 0.717) is 11.8 Å². The maximum absolute atomic E-state index is 11.9. The summed E-state index contributed by atoms with van der Waals surface area (Å²) in [5.74, 6) is -0.847. The Kier molecular flexibility index (Phi) is 1.21. The van der Waals surface area contributed by atoms with E-state index in [9.17, 15) is 14.0 Å². The Labute approximate surface area is 48.6 Å². The van der Waals surface area contributed by atoms with E-state index >= 15 is 0 Å². The van der Waals surface area contributed by atoms with Crippen LogP contribution in [0, 0.1) is 0 Å². The molecule has 2 amide bonds. The van der Waals surface area contributed by atoms with Gasteiger partial charge in [0.05, 0.1) is 0 Å². The summed E-state index contributed by atoms with van der Waals surface area (Å²) in [5, 5.41) is 1.17. The van der Waals surface area contributed by atoms with Crippen LogP contribution in [0.1, 0.15) is 0 Å². The van der Waals surface area contributed by atoms with E-state index in [1.807, 2.05) is 0 Å². The Bertz CT molecular complexity index is 148. The van der Waals surface area contributed by atoms with Crippen LogP contribution in [0.3, 0.4) is 0 Å². The van der Waals surface area contributed by atoms with Gasteiger partial charge in [0.15, 0.2) is 0 Å². The van der Waals surface area contributed by atoms with Crippen molar-refractivity contribution in [3.8, 4) is 0 Å². The zero-order valence-electron chi connectivity index (χ0n) is 3.68. The van der Waals surface area contributed by atoms with Crippen LogP contribution in [0.15, 0.2) is 0 Å². The van der Waals surface area contributed by atoms with E-state index < -0.39 is 16.7 Å². The first-order chi connectivity index (χ1) is 3.70. The third-order valence-electron chi connectivity index (χ3n) is 0.642. The summed E-state index contributed by atoms with van der Waals surface area (Å²) in [4.78, 5) is 20.1. The standard InChI is InChI=1S/C3H2FNO2S/c4-1-2(6)5-3(7)8-1/h1H,(H,5,6,7). The number of carbonyl (C=O) groups is 2. The van der Waals surface area contributed by atoms with Crippen molar-refractivity contribution in [2.24, 2.45) is 0 Å². The zero-order valence-corrected chi connectivity index (χ0v) is 4.50. The number of thioether (sulfide) groups is 1. The first kappa shape index (κ1) is 5.55. The van der Waals surface area contributed by atoms with Crippen molar-refractivity contribution in [2.75, 3.05) is 0 Å². The first-order valence-electron chi connectivity index (χ1n) is 1.85. The van der Waals surface area contributed by atoms with Crippen LogP contribution in [-0.2, 0) is 4.79 Å². The highest BCUT2D eigenvalue weighted by Crippen LogP contribution is 2.18. The van der Waals surface area contributed by atoms with Crippen molar-refractivity contribution in [1.82, 2.24) is 5.32 Å². The molecule has 0 aromatic rings. The van der Waals surface area contributed by atoms with Crippen LogP contribution in [0.25, 0.3) is 0 Å². The maximum Gasteiger partial charge on any atom is 0.289 e. The smallest absolute Gasteiger partial charge is 0.284 e. The molecule has 1 unspecified atom stereocenters. The predicted molar refractivity (Wildman–Crippen MR) is 26.0 cm³/mol. The van der Waals surface area contributed by atoms with Gasteiger partial charge in [-0.1, -0.05) is 0 Å². The minimum Gasteiger partial charge on any atom is -0.284 e. The molecule has 3 nitrogen and oxygen atoms in total. The SMILES string of the molecule is O=C1NC(=O)C(F)S1. The van der Waals surface area contributed by atoms with Crippen molar-refractivity contribution in [2.45, 2.75) is 5.50 Å².